The van der Waals surface area contributed by atoms with Crippen molar-refractivity contribution >= 4 is 17.8 Å². The van der Waals surface area contributed by atoms with Crippen LogP contribution in [0.3, 0.4) is 0 Å². The van der Waals surface area contributed by atoms with Gasteiger partial charge >= 0.3 is 11.7 Å². The fraction of sp³-hybridized carbons (Fsp3) is 0.519. The number of methoxy groups -OCH3 is 1. The number of hydrogen-bond donors (Lipinski definition) is 1. The van der Waals surface area contributed by atoms with E-state index in [0.717, 1.165) is 18.9 Å². The number of urea groups is 1. The molecule has 3 aliphatic rings. The number of hydrogen-bond acceptors (Lipinski definition) is 9. The Morgan fingerprint density at radius 1 is 0.925 bits per heavy atom. The molecule has 1 aromatic heterocycles. The molecule has 2 aliphatic heterocycles. The molecule has 1 aromatic carbocycles. The van der Waals surface area contributed by atoms with Crippen LogP contribution in [0.25, 0.3) is 0 Å². The van der Waals surface area contributed by atoms with Gasteiger partial charge in [-0.2, -0.15) is 0 Å². The molecule has 3 heterocycles. The number of aromatic nitrogens is 2. The molecule has 214 valence electrons. The molecule has 13 heteroatoms. The van der Waals surface area contributed by atoms with Crippen molar-refractivity contribution in [2.45, 2.75) is 59.5 Å². The highest BCUT2D eigenvalue weighted by Crippen LogP contribution is 2.59. The zero-order valence-corrected chi connectivity index (χ0v) is 23.1. The third kappa shape index (κ3) is 3.35. The Labute approximate surface area is 229 Å². The predicted octanol–water partition coefficient (Wildman–Crippen LogP) is 1.39. The maximum absolute atomic E-state index is 14.3. The molecular weight excluding hydrogens is 524 g/mol. The smallest absolute Gasteiger partial charge is 0.333 e. The number of fused-ring (bicyclic) bond motifs is 2. The van der Waals surface area contributed by atoms with Crippen molar-refractivity contribution in [2.24, 2.45) is 5.41 Å². The second-order valence-electron chi connectivity index (χ2n) is 9.82. The molecule has 2 aromatic rings. The first-order valence-electron chi connectivity index (χ1n) is 13.4. The van der Waals surface area contributed by atoms with Crippen LogP contribution in [0.1, 0.15) is 56.7 Å². The molecule has 1 fully saturated rings. The first-order chi connectivity index (χ1) is 19.1. The number of carbonyl (C=O) groups is 3. The first kappa shape index (κ1) is 27.3. The van der Waals surface area contributed by atoms with Crippen molar-refractivity contribution in [3.8, 4) is 23.1 Å². The van der Waals surface area contributed by atoms with Gasteiger partial charge in [0.25, 0.3) is 5.56 Å². The highest BCUT2D eigenvalue weighted by atomic mass is 16.7. The fourth-order valence-electron chi connectivity index (χ4n) is 6.35. The van der Waals surface area contributed by atoms with Crippen molar-refractivity contribution in [1.29, 1.82) is 0 Å². The lowest BCUT2D eigenvalue weighted by Gasteiger charge is -2.49. The van der Waals surface area contributed by atoms with Crippen LogP contribution >= 0.6 is 0 Å². The third-order valence-electron chi connectivity index (χ3n) is 8.22. The molecule has 1 spiro atoms. The lowest BCUT2D eigenvalue weighted by molar-refractivity contribution is -0.161. The summed E-state index contributed by atoms with van der Waals surface area (Å²) >= 11 is 0. The maximum atomic E-state index is 14.3. The normalized spacial score (nSPS) is 19.4. The molecule has 1 saturated heterocycles. The molecule has 13 nitrogen and oxygen atoms in total. The summed E-state index contributed by atoms with van der Waals surface area (Å²) in [6.45, 7) is 6.38. The zero-order valence-electron chi connectivity index (χ0n) is 23.1. The van der Waals surface area contributed by atoms with Crippen LogP contribution in [0, 0.1) is 5.41 Å². The number of aryl methyl sites for hydroxylation is 1. The molecule has 1 atom stereocenters. The van der Waals surface area contributed by atoms with Gasteiger partial charge < -0.3 is 19.3 Å². The minimum absolute atomic E-state index is 0.0132. The van der Waals surface area contributed by atoms with E-state index in [0.29, 0.717) is 11.3 Å². The summed E-state index contributed by atoms with van der Waals surface area (Å²) in [5, 5.41) is 11.5. The molecule has 1 N–H and O–H groups in total. The van der Waals surface area contributed by atoms with Gasteiger partial charge in [-0.3, -0.25) is 33.3 Å². The van der Waals surface area contributed by atoms with Gasteiger partial charge in [-0.15, -0.1) is 0 Å². The lowest BCUT2D eigenvalue weighted by atomic mass is 9.59. The third-order valence-corrected chi connectivity index (χ3v) is 8.22. The van der Waals surface area contributed by atoms with Crippen LogP contribution in [0.4, 0.5) is 4.79 Å². The number of amides is 4. The van der Waals surface area contributed by atoms with E-state index in [1.165, 1.54) is 7.11 Å². The van der Waals surface area contributed by atoms with Crippen LogP contribution in [0.2, 0.25) is 0 Å². The zero-order chi connectivity index (χ0) is 29.1. The number of carbonyl (C=O) groups excluding carboxylic acids is 3. The highest BCUT2D eigenvalue weighted by molar-refractivity contribution is 6.20. The van der Waals surface area contributed by atoms with Gasteiger partial charge in [0.1, 0.15) is 5.41 Å². The Morgan fingerprint density at radius 3 is 2.10 bits per heavy atom. The van der Waals surface area contributed by atoms with E-state index >= 15 is 0 Å². The summed E-state index contributed by atoms with van der Waals surface area (Å²) in [6.07, 6.45) is 0.136. The summed E-state index contributed by atoms with van der Waals surface area (Å²) in [6, 6.07) is 0.963. The van der Waals surface area contributed by atoms with Gasteiger partial charge in [0, 0.05) is 37.7 Å². The van der Waals surface area contributed by atoms with Gasteiger partial charge in [-0.1, -0.05) is 0 Å². The fourth-order valence-corrected chi connectivity index (χ4v) is 6.35. The number of imide groups is 2. The van der Waals surface area contributed by atoms with Crippen molar-refractivity contribution in [3.63, 3.8) is 0 Å². The molecule has 40 heavy (non-hydrogen) atoms. The predicted molar refractivity (Wildman–Crippen MR) is 140 cm³/mol. The molecule has 0 bridgehead atoms. The summed E-state index contributed by atoms with van der Waals surface area (Å²) in [7, 11) is 1.39. The average molecular weight is 557 g/mol. The Kier molecular flexibility index (Phi) is 6.63. The van der Waals surface area contributed by atoms with Crippen molar-refractivity contribution in [2.75, 3.05) is 27.0 Å². The number of barbiturate groups is 1. The largest absolute Gasteiger partial charge is 0.494 e. The van der Waals surface area contributed by atoms with E-state index in [9.17, 15) is 29.1 Å². The summed E-state index contributed by atoms with van der Waals surface area (Å²) in [5.41, 5.74) is -2.94. The van der Waals surface area contributed by atoms with Gasteiger partial charge in [0.2, 0.25) is 30.2 Å². The second-order valence-corrected chi connectivity index (χ2v) is 9.82. The quantitative estimate of drug-likeness (QED) is 0.521. The number of benzene rings is 1. The number of ether oxygens (including phenoxy) is 3. The summed E-state index contributed by atoms with van der Waals surface area (Å²) in [4.78, 5) is 71.0. The molecule has 0 unspecified atom stereocenters. The van der Waals surface area contributed by atoms with Crippen LogP contribution in [0.5, 0.6) is 23.1 Å². The number of rotatable bonds is 6. The molecule has 5 rings (SSSR count). The molecule has 4 amide bonds. The Balaban J connectivity index is 1.97. The Bertz CT molecular complexity index is 1530. The summed E-state index contributed by atoms with van der Waals surface area (Å²) in [5.74, 6) is -2.84. The highest BCUT2D eigenvalue weighted by Gasteiger charge is 2.64. The average Bonchev–Trinajstić information content (AvgIpc) is 3.40. The Morgan fingerprint density at radius 2 is 1.55 bits per heavy atom. The van der Waals surface area contributed by atoms with E-state index in [1.807, 2.05) is 0 Å². The first-order valence-corrected chi connectivity index (χ1v) is 13.4. The molecular formula is C27H32N4O9. The molecule has 0 saturated carbocycles. The standard InChI is InChI=1S/C27H32N4O9/c1-6-28-21(32)17(22(33)29(7-2)25(28)36)18-16-14(12-15-19(20(16)38-5)40-13-39-15)10-11-27(18)23(34)30(8-3)26(37)31(9-4)24(27)35/h12,18,32H,6-11,13H2,1-5H3/t18-/m0/s1. The van der Waals surface area contributed by atoms with Gasteiger partial charge in [-0.25, -0.2) is 9.59 Å². The molecule has 0 radical (unpaired) electrons. The van der Waals surface area contributed by atoms with Gasteiger partial charge in [0.05, 0.1) is 12.7 Å². The van der Waals surface area contributed by atoms with E-state index in [4.69, 9.17) is 14.2 Å². The van der Waals surface area contributed by atoms with E-state index in [1.54, 1.807) is 33.8 Å². The van der Waals surface area contributed by atoms with Gasteiger partial charge in [-0.05, 0) is 52.2 Å². The van der Waals surface area contributed by atoms with Crippen molar-refractivity contribution in [1.82, 2.24) is 18.9 Å². The topological polar surface area (TPSA) is 150 Å². The SMILES string of the molecule is CCN1C(=O)N(CC)C(=O)C2(CCc3cc4c(c(OC)c3[C@H]2c2c(O)n(CC)c(=O)n(CC)c2=O)OCO4)C1=O. The van der Waals surface area contributed by atoms with Gasteiger partial charge in [0.15, 0.2) is 11.5 Å². The van der Waals surface area contributed by atoms with E-state index in [2.05, 4.69) is 0 Å². The van der Waals surface area contributed by atoms with Crippen LogP contribution < -0.4 is 25.5 Å². The van der Waals surface area contributed by atoms with Crippen molar-refractivity contribution < 1.29 is 33.7 Å². The maximum Gasteiger partial charge on any atom is 0.333 e. The van der Waals surface area contributed by atoms with E-state index < -0.39 is 46.3 Å². The Hall–Kier alpha value is -4.29. The van der Waals surface area contributed by atoms with Crippen molar-refractivity contribution in [3.05, 3.63) is 43.6 Å². The van der Waals surface area contributed by atoms with E-state index in [-0.39, 0.29) is 68.4 Å². The minimum Gasteiger partial charge on any atom is -0.494 e. The van der Waals surface area contributed by atoms with Crippen LogP contribution in [-0.2, 0) is 29.1 Å². The monoisotopic (exact) mass is 556 g/mol. The minimum atomic E-state index is -1.99. The van der Waals surface area contributed by atoms with Crippen LogP contribution in [-0.4, -0.2) is 68.9 Å². The summed E-state index contributed by atoms with van der Waals surface area (Å²) < 4.78 is 19.0. The molecule has 1 aliphatic carbocycles. The second kappa shape index (κ2) is 9.72. The number of nitrogens with zero attached hydrogens (tertiary/aromatic N) is 4. The number of aromatic hydroxyl groups is 1. The lowest BCUT2D eigenvalue weighted by Crippen LogP contribution is -2.68. The van der Waals surface area contributed by atoms with Crippen LogP contribution in [0.15, 0.2) is 15.7 Å².